The fourth-order valence-corrected chi connectivity index (χ4v) is 3.71. The summed E-state index contributed by atoms with van der Waals surface area (Å²) in [7, 11) is 4.19. The van der Waals surface area contributed by atoms with Gasteiger partial charge in [-0.1, -0.05) is 12.1 Å². The second-order valence-corrected chi connectivity index (χ2v) is 8.14. The minimum absolute atomic E-state index is 0.0210. The van der Waals surface area contributed by atoms with Crippen LogP contribution in [0.4, 0.5) is 18.9 Å². The molecule has 0 unspecified atom stereocenters. The Kier molecular flexibility index (Phi) is 7.38. The van der Waals surface area contributed by atoms with Crippen LogP contribution in [-0.4, -0.2) is 43.0 Å². The van der Waals surface area contributed by atoms with Crippen LogP contribution in [0.1, 0.15) is 26.5 Å². The molecule has 0 atom stereocenters. The summed E-state index contributed by atoms with van der Waals surface area (Å²) in [6.45, 7) is 0. The lowest BCUT2D eigenvalue weighted by Crippen LogP contribution is -2.27. The van der Waals surface area contributed by atoms with Crippen molar-refractivity contribution in [2.75, 3.05) is 26.1 Å². The van der Waals surface area contributed by atoms with Gasteiger partial charge in [0.25, 0.3) is 11.8 Å². The van der Waals surface area contributed by atoms with Crippen LogP contribution < -0.4 is 19.7 Å². The van der Waals surface area contributed by atoms with E-state index in [0.717, 1.165) is 22.6 Å². The Balaban J connectivity index is 1.56. The lowest BCUT2D eigenvalue weighted by Gasteiger charge is -2.21. The third-order valence-electron chi connectivity index (χ3n) is 5.68. The maximum absolute atomic E-state index is 13.2. The first kappa shape index (κ1) is 26.3. The molecule has 2 N–H and O–H groups in total. The molecule has 8 nitrogen and oxygen atoms in total. The van der Waals surface area contributed by atoms with E-state index in [9.17, 15) is 22.8 Å². The summed E-state index contributed by atoms with van der Waals surface area (Å²) in [6.07, 6.45) is -1.50. The van der Waals surface area contributed by atoms with Crippen LogP contribution in [0.5, 0.6) is 17.2 Å². The number of halogens is 3. The molecule has 0 saturated heterocycles. The van der Waals surface area contributed by atoms with Gasteiger partial charge in [-0.25, -0.2) is 0 Å². The van der Waals surface area contributed by atoms with Gasteiger partial charge in [0, 0.05) is 38.1 Å². The third kappa shape index (κ3) is 5.61. The Morgan fingerprint density at radius 3 is 2.47 bits per heavy atom. The van der Waals surface area contributed by atoms with Crippen LogP contribution >= 0.6 is 0 Å². The van der Waals surface area contributed by atoms with Crippen LogP contribution in [0, 0.1) is 0 Å². The van der Waals surface area contributed by atoms with Crippen molar-refractivity contribution in [1.29, 1.82) is 0 Å². The van der Waals surface area contributed by atoms with Gasteiger partial charge in [0.1, 0.15) is 28.6 Å². The van der Waals surface area contributed by atoms with Gasteiger partial charge in [-0.05, 0) is 48.0 Å². The van der Waals surface area contributed by atoms with Crippen molar-refractivity contribution in [3.05, 3.63) is 90.0 Å². The van der Waals surface area contributed by atoms with E-state index in [-0.39, 0.29) is 28.7 Å². The van der Waals surface area contributed by atoms with Gasteiger partial charge in [0.2, 0.25) is 0 Å². The van der Waals surface area contributed by atoms with Crippen LogP contribution in [-0.2, 0) is 6.18 Å². The molecule has 0 radical (unpaired) electrons. The number of methoxy groups -OCH3 is 1. The normalized spacial score (nSPS) is 11.1. The fraction of sp³-hybridized carbons (Fsp3) is 0.148. The first-order chi connectivity index (χ1) is 18.1. The number of rotatable bonds is 7. The highest BCUT2D eigenvalue weighted by Gasteiger charge is 2.32. The quantitative estimate of drug-likeness (QED) is 0.331. The molecule has 11 heteroatoms. The minimum Gasteiger partial charge on any atom is -0.495 e. The molecule has 0 aliphatic rings. The van der Waals surface area contributed by atoms with Crippen LogP contribution in [0.3, 0.4) is 0 Å². The Bertz CT molecular complexity index is 1480. The number of alkyl halides is 3. The zero-order valence-corrected chi connectivity index (χ0v) is 20.6. The van der Waals surface area contributed by atoms with E-state index in [0.29, 0.717) is 17.1 Å². The molecule has 2 aromatic carbocycles. The number of nitrogens with zero attached hydrogens (tertiary/aromatic N) is 2. The number of pyridine rings is 1. The Morgan fingerprint density at radius 2 is 1.76 bits per heavy atom. The van der Waals surface area contributed by atoms with Gasteiger partial charge in [-0.2, -0.15) is 13.2 Å². The second-order valence-electron chi connectivity index (χ2n) is 8.14. The molecule has 0 aliphatic carbocycles. The van der Waals surface area contributed by atoms with E-state index < -0.39 is 17.6 Å². The number of aromatic amines is 1. The lowest BCUT2D eigenvalue weighted by molar-refractivity contribution is -0.137. The van der Waals surface area contributed by atoms with Crippen LogP contribution in [0.15, 0.2) is 73.1 Å². The third-order valence-corrected chi connectivity index (χ3v) is 5.68. The molecular weight excluding hydrogens is 501 g/mol. The largest absolute Gasteiger partial charge is 0.495 e. The number of carbonyl (C=O) groups excluding carboxylic acids is 2. The average Bonchev–Trinajstić information content (AvgIpc) is 3.41. The number of ether oxygens (including phenoxy) is 2. The fourth-order valence-electron chi connectivity index (χ4n) is 3.71. The number of amides is 2. The van der Waals surface area contributed by atoms with E-state index in [1.54, 1.807) is 36.5 Å². The average molecular weight is 524 g/mol. The van der Waals surface area contributed by atoms with E-state index in [1.807, 2.05) is 6.07 Å². The van der Waals surface area contributed by atoms with E-state index in [1.165, 1.54) is 39.5 Å². The highest BCUT2D eigenvalue weighted by Crippen LogP contribution is 2.37. The van der Waals surface area contributed by atoms with Crippen molar-refractivity contribution in [3.8, 4) is 28.4 Å². The molecule has 0 spiro atoms. The van der Waals surface area contributed by atoms with Crippen molar-refractivity contribution in [3.63, 3.8) is 0 Å². The highest BCUT2D eigenvalue weighted by atomic mass is 19.4. The molecular formula is C27H23F3N4O4. The first-order valence-electron chi connectivity index (χ1n) is 11.3. The molecule has 0 fully saturated rings. The molecule has 4 aromatic rings. The van der Waals surface area contributed by atoms with Crippen molar-refractivity contribution in [2.24, 2.45) is 0 Å². The topological polar surface area (TPSA) is 96.5 Å². The van der Waals surface area contributed by atoms with Gasteiger partial charge in [0.05, 0.1) is 18.4 Å². The van der Waals surface area contributed by atoms with E-state index in [2.05, 4.69) is 15.3 Å². The predicted octanol–water partition coefficient (Wildman–Crippen LogP) is 5.53. The Morgan fingerprint density at radius 1 is 1.00 bits per heavy atom. The molecule has 0 aliphatic heterocycles. The van der Waals surface area contributed by atoms with Crippen molar-refractivity contribution in [1.82, 2.24) is 15.3 Å². The number of anilines is 1. The number of hydrogen-bond acceptors (Lipinski definition) is 5. The number of H-pyrrole nitrogens is 1. The summed E-state index contributed by atoms with van der Waals surface area (Å²) >= 11 is 0. The SMILES string of the molecule is CNC(=O)c1cc(Oc2cccc(-c3c[nH]c(C(=O)N(C)c4cc(C(F)(F)F)ccc4OC)c3)c2)ccn1. The maximum Gasteiger partial charge on any atom is 0.416 e. The molecule has 4 rings (SSSR count). The summed E-state index contributed by atoms with van der Waals surface area (Å²) < 4.78 is 50.8. The summed E-state index contributed by atoms with van der Waals surface area (Å²) in [5, 5.41) is 2.50. The van der Waals surface area contributed by atoms with Crippen molar-refractivity contribution >= 4 is 17.5 Å². The summed E-state index contributed by atoms with van der Waals surface area (Å²) in [5.41, 5.74) is 0.830. The standard InChI is InChI=1S/C27H23F3N4O4/c1-31-25(35)21-14-20(9-10-32-21)38-19-6-4-5-16(11-19)17-12-22(33-15-17)26(36)34(2)23-13-18(27(28,29)30)7-8-24(23)37-3/h4-15,33H,1-3H3,(H,31,35). The Hall–Kier alpha value is -4.80. The number of nitrogens with one attached hydrogen (secondary N) is 2. The molecule has 196 valence electrons. The van der Waals surface area contributed by atoms with Crippen LogP contribution in [0.25, 0.3) is 11.1 Å². The van der Waals surface area contributed by atoms with Crippen molar-refractivity contribution in [2.45, 2.75) is 6.18 Å². The van der Waals surface area contributed by atoms with Gasteiger partial charge in [-0.15, -0.1) is 0 Å². The molecule has 0 bridgehead atoms. The lowest BCUT2D eigenvalue weighted by atomic mass is 10.1. The zero-order chi connectivity index (χ0) is 27.4. The summed E-state index contributed by atoms with van der Waals surface area (Å²) in [6, 6.07) is 14.7. The summed E-state index contributed by atoms with van der Waals surface area (Å²) in [5.74, 6) is 0.121. The molecule has 2 heterocycles. The summed E-state index contributed by atoms with van der Waals surface area (Å²) in [4.78, 5) is 32.9. The number of benzene rings is 2. The molecule has 0 saturated carbocycles. The molecule has 38 heavy (non-hydrogen) atoms. The van der Waals surface area contributed by atoms with Crippen LogP contribution in [0.2, 0.25) is 0 Å². The van der Waals surface area contributed by atoms with Gasteiger partial charge < -0.3 is 24.7 Å². The van der Waals surface area contributed by atoms with Gasteiger partial charge >= 0.3 is 6.18 Å². The molecule has 2 amide bonds. The predicted molar refractivity (Wildman–Crippen MR) is 135 cm³/mol. The molecule has 2 aromatic heterocycles. The van der Waals surface area contributed by atoms with Gasteiger partial charge in [0.15, 0.2) is 0 Å². The van der Waals surface area contributed by atoms with Gasteiger partial charge in [-0.3, -0.25) is 14.6 Å². The monoisotopic (exact) mass is 524 g/mol. The van der Waals surface area contributed by atoms with E-state index in [4.69, 9.17) is 9.47 Å². The zero-order valence-electron chi connectivity index (χ0n) is 20.6. The second kappa shape index (κ2) is 10.7. The number of hydrogen-bond donors (Lipinski definition) is 2. The first-order valence-corrected chi connectivity index (χ1v) is 11.3. The van der Waals surface area contributed by atoms with Crippen molar-refractivity contribution < 1.29 is 32.2 Å². The van der Waals surface area contributed by atoms with E-state index >= 15 is 0 Å². The number of carbonyl (C=O) groups is 2. The highest BCUT2D eigenvalue weighted by molar-refractivity contribution is 6.06. The maximum atomic E-state index is 13.2. The Labute approximate surface area is 216 Å². The smallest absolute Gasteiger partial charge is 0.416 e. The number of aromatic nitrogens is 2. The minimum atomic E-state index is -4.57.